The van der Waals surface area contributed by atoms with E-state index in [9.17, 15) is 0 Å². The van der Waals surface area contributed by atoms with E-state index < -0.39 is 0 Å². The van der Waals surface area contributed by atoms with Crippen LogP contribution in [0.3, 0.4) is 0 Å². The Bertz CT molecular complexity index is 459. The fourth-order valence-corrected chi connectivity index (χ4v) is 1.46. The second-order valence-corrected chi connectivity index (χ2v) is 3.94. The lowest BCUT2D eigenvalue weighted by Crippen LogP contribution is -2.12. The topological polar surface area (TPSA) is 38.1 Å². The van der Waals surface area contributed by atoms with Crippen molar-refractivity contribution in [2.45, 2.75) is 19.9 Å². The van der Waals surface area contributed by atoms with Crippen LogP contribution < -0.4 is 5.32 Å². The molecule has 0 aliphatic carbocycles. The van der Waals surface area contributed by atoms with Crippen LogP contribution in [0.25, 0.3) is 11.3 Å². The van der Waals surface area contributed by atoms with Crippen LogP contribution in [-0.4, -0.2) is 12.0 Å². The monoisotopic (exact) mass is 216 g/mol. The molecule has 0 bridgehead atoms. The number of benzene rings is 1. The van der Waals surface area contributed by atoms with E-state index >= 15 is 0 Å². The van der Waals surface area contributed by atoms with Crippen molar-refractivity contribution in [2.24, 2.45) is 0 Å². The highest BCUT2D eigenvalue weighted by Gasteiger charge is 2.10. The van der Waals surface area contributed by atoms with Crippen molar-refractivity contribution in [1.82, 2.24) is 10.3 Å². The maximum Gasteiger partial charge on any atom is 0.211 e. The molecule has 1 aromatic carbocycles. The number of rotatable bonds is 3. The predicted molar refractivity (Wildman–Crippen MR) is 64.2 cm³/mol. The fraction of sp³-hybridized carbons (Fsp3) is 0.308. The molecule has 0 saturated carbocycles. The molecule has 0 radical (unpaired) electrons. The van der Waals surface area contributed by atoms with E-state index in [1.807, 2.05) is 26.1 Å². The first-order chi connectivity index (χ1) is 7.70. The second kappa shape index (κ2) is 4.49. The van der Waals surface area contributed by atoms with E-state index in [0.717, 1.165) is 17.2 Å². The van der Waals surface area contributed by atoms with Crippen LogP contribution in [0.1, 0.15) is 24.4 Å². The molecule has 3 nitrogen and oxygen atoms in total. The molecular weight excluding hydrogens is 200 g/mol. The van der Waals surface area contributed by atoms with Crippen molar-refractivity contribution in [2.75, 3.05) is 7.05 Å². The van der Waals surface area contributed by atoms with Gasteiger partial charge in [0.15, 0.2) is 5.76 Å². The molecule has 3 heteroatoms. The number of aryl methyl sites for hydroxylation is 1. The Morgan fingerprint density at radius 3 is 2.56 bits per heavy atom. The van der Waals surface area contributed by atoms with Gasteiger partial charge in [-0.05, 0) is 20.9 Å². The molecule has 16 heavy (non-hydrogen) atoms. The zero-order valence-corrected chi connectivity index (χ0v) is 9.82. The van der Waals surface area contributed by atoms with Gasteiger partial charge in [-0.25, -0.2) is 4.98 Å². The minimum absolute atomic E-state index is 0.138. The minimum Gasteiger partial charge on any atom is -0.439 e. The van der Waals surface area contributed by atoms with Crippen molar-refractivity contribution in [3.8, 4) is 11.3 Å². The van der Waals surface area contributed by atoms with Crippen molar-refractivity contribution in [1.29, 1.82) is 0 Å². The number of hydrogen-bond acceptors (Lipinski definition) is 3. The van der Waals surface area contributed by atoms with Gasteiger partial charge in [0.1, 0.15) is 0 Å². The third kappa shape index (κ3) is 2.14. The summed E-state index contributed by atoms with van der Waals surface area (Å²) in [6.07, 6.45) is 1.77. The first-order valence-corrected chi connectivity index (χ1v) is 5.40. The third-order valence-electron chi connectivity index (χ3n) is 2.66. The third-order valence-corrected chi connectivity index (χ3v) is 2.66. The van der Waals surface area contributed by atoms with Crippen molar-refractivity contribution >= 4 is 0 Å². The average Bonchev–Trinajstić information content (AvgIpc) is 2.78. The van der Waals surface area contributed by atoms with Crippen LogP contribution in [0.4, 0.5) is 0 Å². The molecule has 1 aromatic heterocycles. The Hall–Kier alpha value is -1.61. The molecule has 0 fully saturated rings. The Morgan fingerprint density at radius 2 is 1.94 bits per heavy atom. The summed E-state index contributed by atoms with van der Waals surface area (Å²) in [7, 11) is 1.89. The molecular formula is C13H16N2O. The molecule has 0 amide bonds. The minimum atomic E-state index is 0.138. The van der Waals surface area contributed by atoms with Crippen LogP contribution in [-0.2, 0) is 0 Å². The van der Waals surface area contributed by atoms with Crippen LogP contribution in [0, 0.1) is 6.92 Å². The standard InChI is InChI=1S/C13H16N2O/c1-9-4-6-11(7-5-9)12-8-15-13(16-12)10(2)14-3/h4-8,10,14H,1-3H3. The lowest BCUT2D eigenvalue weighted by atomic mass is 10.1. The molecule has 1 atom stereocenters. The summed E-state index contributed by atoms with van der Waals surface area (Å²) in [6.45, 7) is 4.09. The SMILES string of the molecule is CNC(C)c1ncc(-c2ccc(C)cc2)o1. The summed E-state index contributed by atoms with van der Waals surface area (Å²) < 4.78 is 5.69. The summed E-state index contributed by atoms with van der Waals surface area (Å²) in [5, 5.41) is 3.10. The summed E-state index contributed by atoms with van der Waals surface area (Å²) >= 11 is 0. The van der Waals surface area contributed by atoms with Gasteiger partial charge in [0.2, 0.25) is 5.89 Å². The largest absolute Gasteiger partial charge is 0.439 e. The summed E-state index contributed by atoms with van der Waals surface area (Å²) in [5.74, 6) is 1.54. The van der Waals surface area contributed by atoms with E-state index in [-0.39, 0.29) is 6.04 Å². The first kappa shape index (κ1) is 10.9. The highest BCUT2D eigenvalue weighted by molar-refractivity contribution is 5.56. The summed E-state index contributed by atoms with van der Waals surface area (Å²) in [6, 6.07) is 8.37. The molecule has 2 rings (SSSR count). The summed E-state index contributed by atoms with van der Waals surface area (Å²) in [5.41, 5.74) is 2.31. The average molecular weight is 216 g/mol. The van der Waals surface area contributed by atoms with Gasteiger partial charge in [0.25, 0.3) is 0 Å². The van der Waals surface area contributed by atoms with Gasteiger partial charge in [-0.3, -0.25) is 0 Å². The van der Waals surface area contributed by atoms with Gasteiger partial charge < -0.3 is 9.73 Å². The van der Waals surface area contributed by atoms with Crippen LogP contribution >= 0.6 is 0 Å². The van der Waals surface area contributed by atoms with Crippen LogP contribution in [0.5, 0.6) is 0 Å². The maximum atomic E-state index is 5.69. The number of aromatic nitrogens is 1. The molecule has 2 aromatic rings. The lowest BCUT2D eigenvalue weighted by Gasteiger charge is -2.03. The van der Waals surface area contributed by atoms with Crippen molar-refractivity contribution in [3.63, 3.8) is 0 Å². The second-order valence-electron chi connectivity index (χ2n) is 3.94. The first-order valence-electron chi connectivity index (χ1n) is 5.40. The van der Waals surface area contributed by atoms with Gasteiger partial charge in [-0.15, -0.1) is 0 Å². The molecule has 84 valence electrons. The quantitative estimate of drug-likeness (QED) is 0.857. The van der Waals surface area contributed by atoms with E-state index in [4.69, 9.17) is 4.42 Å². The molecule has 0 aliphatic heterocycles. The molecule has 0 spiro atoms. The van der Waals surface area contributed by atoms with Crippen molar-refractivity contribution < 1.29 is 4.42 Å². The highest BCUT2D eigenvalue weighted by atomic mass is 16.4. The fourth-order valence-electron chi connectivity index (χ4n) is 1.46. The number of hydrogen-bond donors (Lipinski definition) is 1. The van der Waals surface area contributed by atoms with E-state index in [1.165, 1.54) is 5.56 Å². The maximum absolute atomic E-state index is 5.69. The van der Waals surface area contributed by atoms with Gasteiger partial charge in [0, 0.05) is 5.56 Å². The van der Waals surface area contributed by atoms with E-state index in [0.29, 0.717) is 0 Å². The molecule has 0 saturated heterocycles. The highest BCUT2D eigenvalue weighted by Crippen LogP contribution is 2.22. The number of nitrogens with one attached hydrogen (secondary N) is 1. The van der Waals surface area contributed by atoms with Crippen LogP contribution in [0.15, 0.2) is 34.9 Å². The smallest absolute Gasteiger partial charge is 0.211 e. The van der Waals surface area contributed by atoms with Gasteiger partial charge in [-0.1, -0.05) is 29.8 Å². The van der Waals surface area contributed by atoms with Gasteiger partial charge in [0.05, 0.1) is 12.2 Å². The van der Waals surface area contributed by atoms with Gasteiger partial charge >= 0.3 is 0 Å². The normalized spacial score (nSPS) is 12.7. The Morgan fingerprint density at radius 1 is 1.25 bits per heavy atom. The van der Waals surface area contributed by atoms with E-state index in [1.54, 1.807) is 6.20 Å². The van der Waals surface area contributed by atoms with E-state index in [2.05, 4.69) is 29.4 Å². The number of nitrogens with zero attached hydrogens (tertiary/aromatic N) is 1. The van der Waals surface area contributed by atoms with Gasteiger partial charge in [-0.2, -0.15) is 0 Å². The lowest BCUT2D eigenvalue weighted by molar-refractivity contribution is 0.441. The molecule has 0 aliphatic rings. The Labute approximate surface area is 95.5 Å². The zero-order chi connectivity index (χ0) is 11.5. The van der Waals surface area contributed by atoms with Crippen LogP contribution in [0.2, 0.25) is 0 Å². The summed E-state index contributed by atoms with van der Waals surface area (Å²) in [4.78, 5) is 4.26. The zero-order valence-electron chi connectivity index (χ0n) is 9.82. The molecule has 1 N–H and O–H groups in total. The Kier molecular flexibility index (Phi) is 3.06. The van der Waals surface area contributed by atoms with Crippen molar-refractivity contribution in [3.05, 3.63) is 41.9 Å². The molecule has 1 heterocycles. The number of oxazole rings is 1. The Balaban J connectivity index is 2.28. The molecule has 1 unspecified atom stereocenters. The predicted octanol–water partition coefficient (Wildman–Crippen LogP) is 2.93.